The van der Waals surface area contributed by atoms with E-state index in [-0.39, 0.29) is 30.0 Å². The van der Waals surface area contributed by atoms with Gasteiger partial charge in [0.2, 0.25) is 0 Å². The molecular formula is C30H48O7. The fourth-order valence-corrected chi connectivity index (χ4v) is 9.64. The van der Waals surface area contributed by atoms with Gasteiger partial charge in [0.1, 0.15) is 5.78 Å². The van der Waals surface area contributed by atoms with Crippen molar-refractivity contribution in [2.45, 2.75) is 90.8 Å². The molecule has 0 radical (unpaired) electrons. The van der Waals surface area contributed by atoms with Crippen molar-refractivity contribution in [2.75, 3.05) is 33.5 Å². The number of fused-ring (bicyclic) bond motifs is 5. The molecule has 0 bridgehead atoms. The first-order valence-corrected chi connectivity index (χ1v) is 14.7. The Balaban J connectivity index is 1.30. The lowest BCUT2D eigenvalue weighted by Crippen LogP contribution is -2.61. The Labute approximate surface area is 222 Å². The molecular weight excluding hydrogens is 472 g/mol. The molecule has 5 rings (SSSR count). The van der Waals surface area contributed by atoms with Crippen LogP contribution in [-0.2, 0) is 23.8 Å². The maximum atomic E-state index is 14.0. The zero-order valence-electron chi connectivity index (χ0n) is 23.3. The summed E-state index contributed by atoms with van der Waals surface area (Å²) in [6.45, 7) is 7.27. The van der Waals surface area contributed by atoms with Crippen LogP contribution < -0.4 is 0 Å². The first-order chi connectivity index (χ1) is 17.6. The quantitative estimate of drug-likeness (QED) is 0.508. The van der Waals surface area contributed by atoms with Gasteiger partial charge in [-0.2, -0.15) is 0 Å². The largest absolute Gasteiger partial charge is 0.469 e. The van der Waals surface area contributed by atoms with Crippen LogP contribution in [0.2, 0.25) is 0 Å². The molecule has 4 saturated carbocycles. The van der Waals surface area contributed by atoms with Crippen LogP contribution in [0.1, 0.15) is 85.0 Å². The summed E-state index contributed by atoms with van der Waals surface area (Å²) in [7, 11) is 1.44. The Bertz CT molecular complexity index is 873. The summed E-state index contributed by atoms with van der Waals surface area (Å²) in [6, 6.07) is 0. The molecule has 5 fully saturated rings. The van der Waals surface area contributed by atoms with Crippen molar-refractivity contribution in [1.82, 2.24) is 0 Å². The van der Waals surface area contributed by atoms with Gasteiger partial charge in [0.25, 0.3) is 0 Å². The summed E-state index contributed by atoms with van der Waals surface area (Å²) < 4.78 is 17.4. The first kappa shape index (κ1) is 27.5. The van der Waals surface area contributed by atoms with Crippen molar-refractivity contribution < 1.29 is 34.0 Å². The second-order valence-electron chi connectivity index (χ2n) is 13.9. The second kappa shape index (κ2) is 9.87. The highest BCUT2D eigenvalue weighted by Gasteiger charge is 2.65. The number of carbonyl (C=O) groups is 2. The molecule has 1 spiro atoms. The maximum Gasteiger partial charge on any atom is 0.305 e. The van der Waals surface area contributed by atoms with E-state index in [2.05, 4.69) is 20.8 Å². The van der Waals surface area contributed by atoms with Crippen molar-refractivity contribution in [2.24, 2.45) is 51.8 Å². The Morgan fingerprint density at radius 2 is 1.76 bits per heavy atom. The van der Waals surface area contributed by atoms with Crippen LogP contribution in [0.5, 0.6) is 0 Å². The molecule has 37 heavy (non-hydrogen) atoms. The van der Waals surface area contributed by atoms with Crippen molar-refractivity contribution in [3.05, 3.63) is 0 Å². The van der Waals surface area contributed by atoms with Crippen molar-refractivity contribution in [1.29, 1.82) is 0 Å². The third kappa shape index (κ3) is 4.31. The van der Waals surface area contributed by atoms with Gasteiger partial charge in [-0.3, -0.25) is 9.59 Å². The number of carbonyl (C=O) groups excluding carboxylic acids is 2. The van der Waals surface area contributed by atoms with Crippen LogP contribution >= 0.6 is 0 Å². The smallest absolute Gasteiger partial charge is 0.305 e. The van der Waals surface area contributed by atoms with Gasteiger partial charge in [-0.05, 0) is 79.4 Å². The van der Waals surface area contributed by atoms with Crippen molar-refractivity contribution in [3.63, 3.8) is 0 Å². The molecule has 1 heterocycles. The molecule has 0 amide bonds. The third-order valence-electron chi connectivity index (χ3n) is 12.3. The third-order valence-corrected chi connectivity index (χ3v) is 12.3. The molecule has 0 unspecified atom stereocenters. The minimum atomic E-state index is -0.711. The van der Waals surface area contributed by atoms with Gasteiger partial charge in [0.05, 0.1) is 39.0 Å². The highest BCUT2D eigenvalue weighted by Crippen LogP contribution is 2.68. The fourth-order valence-electron chi connectivity index (χ4n) is 9.64. The van der Waals surface area contributed by atoms with E-state index in [0.717, 1.165) is 51.4 Å². The van der Waals surface area contributed by atoms with Gasteiger partial charge >= 0.3 is 5.97 Å². The van der Waals surface area contributed by atoms with Gasteiger partial charge < -0.3 is 24.4 Å². The number of rotatable bonds is 6. The SMILES string of the molecule is COC(=O)CC[C@@H](C)[C@H]1CC[C@H]2[C@@H]3CC[C@@H]4CC5(CC[C@]4(C)[C@H]3CC(=O)[C@]12C)OCC(CO)(CO)CO5. The van der Waals surface area contributed by atoms with Crippen LogP contribution in [0.15, 0.2) is 0 Å². The predicted molar refractivity (Wildman–Crippen MR) is 137 cm³/mol. The highest BCUT2D eigenvalue weighted by molar-refractivity contribution is 5.87. The van der Waals surface area contributed by atoms with Gasteiger partial charge in [-0.25, -0.2) is 0 Å². The highest BCUT2D eigenvalue weighted by atomic mass is 16.7. The summed E-state index contributed by atoms with van der Waals surface area (Å²) in [5.41, 5.74) is -0.880. The number of ether oxygens (including phenoxy) is 3. The van der Waals surface area contributed by atoms with Gasteiger partial charge in [0.15, 0.2) is 5.79 Å². The number of esters is 1. The number of hydrogen-bond acceptors (Lipinski definition) is 7. The molecule has 0 aromatic carbocycles. The topological polar surface area (TPSA) is 102 Å². The monoisotopic (exact) mass is 520 g/mol. The molecule has 1 saturated heterocycles. The van der Waals surface area contributed by atoms with Crippen molar-refractivity contribution >= 4 is 11.8 Å². The first-order valence-electron chi connectivity index (χ1n) is 14.7. The van der Waals surface area contributed by atoms with Crippen LogP contribution in [0.25, 0.3) is 0 Å². The second-order valence-corrected chi connectivity index (χ2v) is 13.9. The Hall–Kier alpha value is -1.02. The molecule has 5 aliphatic rings. The summed E-state index contributed by atoms with van der Waals surface area (Å²) in [5.74, 6) is 2.24. The number of methoxy groups -OCH3 is 1. The van der Waals surface area contributed by atoms with Crippen LogP contribution in [0.4, 0.5) is 0 Å². The zero-order chi connectivity index (χ0) is 26.6. The average molecular weight is 521 g/mol. The Morgan fingerprint density at radius 3 is 2.41 bits per heavy atom. The normalized spacial score (nSPS) is 43.0. The molecule has 0 aromatic rings. The lowest BCUT2D eigenvalue weighted by molar-refractivity contribution is -0.339. The molecule has 7 heteroatoms. The molecule has 4 aliphatic carbocycles. The zero-order valence-corrected chi connectivity index (χ0v) is 23.3. The lowest BCUT2D eigenvalue weighted by Gasteiger charge is -2.62. The Kier molecular flexibility index (Phi) is 7.34. The summed E-state index contributed by atoms with van der Waals surface area (Å²) >= 11 is 0. The molecule has 2 N–H and O–H groups in total. The number of aliphatic hydroxyl groups excluding tert-OH is 2. The van der Waals surface area contributed by atoms with Gasteiger partial charge in [0, 0.05) is 31.1 Å². The molecule has 0 aromatic heterocycles. The van der Waals surface area contributed by atoms with E-state index in [1.807, 2.05) is 0 Å². The lowest BCUT2D eigenvalue weighted by atomic mass is 9.44. The van der Waals surface area contributed by atoms with E-state index in [1.165, 1.54) is 7.11 Å². The number of aliphatic hydroxyl groups is 2. The standard InChI is InChI=1S/C30H48O7/c1-19(5-10-26(34)35-4)22-8-9-23-21-7-6-20-14-30(36-17-29(15-31,16-32)18-37-30)12-11-27(20,2)24(21)13-25(33)28(22,23)3/h19-24,31-32H,5-18H2,1-4H3/t19-,20-,21+,22-,23+,24+,27+,28-/m1/s1. The van der Waals surface area contributed by atoms with E-state index >= 15 is 0 Å². The summed E-state index contributed by atoms with van der Waals surface area (Å²) in [6.07, 6.45) is 9.03. The van der Waals surface area contributed by atoms with Crippen LogP contribution in [0.3, 0.4) is 0 Å². The van der Waals surface area contributed by atoms with Crippen molar-refractivity contribution in [3.8, 4) is 0 Å². The minimum absolute atomic E-state index is 0.106. The van der Waals surface area contributed by atoms with Crippen LogP contribution in [-0.4, -0.2) is 61.3 Å². The van der Waals surface area contributed by atoms with Gasteiger partial charge in [-0.15, -0.1) is 0 Å². The van der Waals surface area contributed by atoms with E-state index in [0.29, 0.717) is 67.3 Å². The van der Waals surface area contributed by atoms with E-state index < -0.39 is 11.2 Å². The average Bonchev–Trinajstić information content (AvgIpc) is 3.27. The minimum Gasteiger partial charge on any atom is -0.469 e. The number of ketones is 1. The number of hydrogen-bond donors (Lipinski definition) is 2. The molecule has 210 valence electrons. The Morgan fingerprint density at radius 1 is 1.05 bits per heavy atom. The van der Waals surface area contributed by atoms with Gasteiger partial charge in [-0.1, -0.05) is 20.8 Å². The van der Waals surface area contributed by atoms with Crippen LogP contribution in [0, 0.1) is 51.8 Å². The fraction of sp³-hybridized carbons (Fsp3) is 0.933. The molecule has 7 nitrogen and oxygen atoms in total. The van der Waals surface area contributed by atoms with E-state index in [1.54, 1.807) is 0 Å². The van der Waals surface area contributed by atoms with E-state index in [9.17, 15) is 19.8 Å². The van der Waals surface area contributed by atoms with E-state index in [4.69, 9.17) is 14.2 Å². The maximum absolute atomic E-state index is 14.0. The summed E-state index contributed by atoms with van der Waals surface area (Å²) in [4.78, 5) is 25.8. The predicted octanol–water partition coefficient (Wildman–Crippen LogP) is 4.13. The summed E-state index contributed by atoms with van der Waals surface area (Å²) in [5, 5.41) is 19.5. The molecule has 1 aliphatic heterocycles. The molecule has 8 atom stereocenters. The number of Topliss-reactive ketones (excluding diaryl/α,β-unsaturated/α-hetero) is 1.